The lowest BCUT2D eigenvalue weighted by Crippen LogP contribution is -2.48. The van der Waals surface area contributed by atoms with Crippen LogP contribution in [0.4, 0.5) is 0 Å². The van der Waals surface area contributed by atoms with Gasteiger partial charge in [-0.05, 0) is 43.9 Å². The van der Waals surface area contributed by atoms with E-state index >= 15 is 0 Å². The number of hydrogen-bond acceptors (Lipinski definition) is 3. The van der Waals surface area contributed by atoms with Gasteiger partial charge in [0.2, 0.25) is 0 Å². The van der Waals surface area contributed by atoms with Crippen LogP contribution in [0.2, 0.25) is 0 Å². The second kappa shape index (κ2) is 13.5. The first-order chi connectivity index (χ1) is 13.8. The number of rotatable bonds is 6. The van der Waals surface area contributed by atoms with Crippen LogP contribution in [0.1, 0.15) is 89.0 Å². The van der Waals surface area contributed by atoms with Crippen molar-refractivity contribution in [3.63, 3.8) is 0 Å². The molecule has 1 aromatic carbocycles. The minimum absolute atomic E-state index is 0. The van der Waals surface area contributed by atoms with Crippen molar-refractivity contribution in [2.75, 3.05) is 26.8 Å². The summed E-state index contributed by atoms with van der Waals surface area (Å²) in [6.45, 7) is 5.21. The molecule has 4 heteroatoms. The van der Waals surface area contributed by atoms with Gasteiger partial charge >= 0.3 is 0 Å². The van der Waals surface area contributed by atoms with Crippen LogP contribution in [0.3, 0.4) is 0 Å². The number of halogens is 1. The first kappa shape index (κ1) is 24.5. The van der Waals surface area contributed by atoms with Crippen molar-refractivity contribution in [1.82, 2.24) is 4.90 Å². The maximum Gasteiger partial charge on any atom is 0.122 e. The van der Waals surface area contributed by atoms with Crippen LogP contribution in [0.15, 0.2) is 24.3 Å². The van der Waals surface area contributed by atoms with Gasteiger partial charge in [0.05, 0.1) is 12.7 Å². The molecule has 1 aromatic rings. The van der Waals surface area contributed by atoms with Crippen molar-refractivity contribution < 1.29 is 9.47 Å². The summed E-state index contributed by atoms with van der Waals surface area (Å²) >= 11 is 0. The van der Waals surface area contributed by atoms with Gasteiger partial charge in [-0.1, -0.05) is 70.1 Å². The number of piperidine rings is 1. The Hall–Kier alpha value is -0.770. The molecular formula is C25H42ClNO2. The molecule has 1 aliphatic heterocycles. The third kappa shape index (κ3) is 7.15. The number of hydrogen-bond donors (Lipinski definition) is 0. The minimum atomic E-state index is 0. The van der Waals surface area contributed by atoms with E-state index in [0.29, 0.717) is 5.92 Å². The standard InChI is InChI=1S/C25H41NO2.ClH/c1-3-19-28-24-16-12-11-15-22(24)23-17-18-26(20-25(23)27-2)21-13-9-7-5-4-6-8-10-14-21;/h11-12,15-16,21,23,25H,3-10,13-14,17-20H2,1-2H3;1H. The molecule has 0 radical (unpaired) electrons. The second-order valence-corrected chi connectivity index (χ2v) is 8.76. The molecule has 1 saturated heterocycles. The lowest BCUT2D eigenvalue weighted by molar-refractivity contribution is -0.00526. The second-order valence-electron chi connectivity index (χ2n) is 8.76. The maximum atomic E-state index is 6.06. The highest BCUT2D eigenvalue weighted by Gasteiger charge is 2.34. The lowest BCUT2D eigenvalue weighted by Gasteiger charge is -2.42. The largest absolute Gasteiger partial charge is 0.493 e. The smallest absolute Gasteiger partial charge is 0.122 e. The molecule has 1 aliphatic carbocycles. The van der Waals surface area contributed by atoms with Gasteiger partial charge in [-0.25, -0.2) is 0 Å². The zero-order valence-electron chi connectivity index (χ0n) is 18.6. The van der Waals surface area contributed by atoms with Crippen molar-refractivity contribution in [3.05, 3.63) is 29.8 Å². The van der Waals surface area contributed by atoms with Crippen molar-refractivity contribution in [2.24, 2.45) is 0 Å². The molecule has 0 amide bonds. The maximum absolute atomic E-state index is 6.06. The number of methoxy groups -OCH3 is 1. The molecule has 3 nitrogen and oxygen atoms in total. The van der Waals surface area contributed by atoms with E-state index in [9.17, 15) is 0 Å². The van der Waals surface area contributed by atoms with Crippen molar-refractivity contribution >= 4 is 12.4 Å². The summed E-state index contributed by atoms with van der Waals surface area (Å²) in [7, 11) is 1.89. The predicted molar refractivity (Wildman–Crippen MR) is 125 cm³/mol. The van der Waals surface area contributed by atoms with E-state index in [1.165, 1.54) is 76.3 Å². The summed E-state index contributed by atoms with van der Waals surface area (Å²) in [4.78, 5) is 2.75. The van der Waals surface area contributed by atoms with Gasteiger partial charge in [0, 0.05) is 25.6 Å². The van der Waals surface area contributed by atoms with Crippen LogP contribution in [0.5, 0.6) is 5.75 Å². The summed E-state index contributed by atoms with van der Waals surface area (Å²) in [6, 6.07) is 9.37. The summed E-state index contributed by atoms with van der Waals surface area (Å²) < 4.78 is 12.1. The highest BCUT2D eigenvalue weighted by molar-refractivity contribution is 5.85. The monoisotopic (exact) mass is 423 g/mol. The number of ether oxygens (including phenoxy) is 2. The van der Waals surface area contributed by atoms with Crippen LogP contribution in [0, 0.1) is 0 Å². The zero-order chi connectivity index (χ0) is 19.6. The SMILES string of the molecule is CCCOc1ccccc1C1CCN(C2CCCCCCCCC2)CC1OC.Cl. The van der Waals surface area contributed by atoms with Crippen molar-refractivity contribution in [3.8, 4) is 5.75 Å². The Bertz CT molecular complexity index is 558. The average molecular weight is 424 g/mol. The minimum Gasteiger partial charge on any atom is -0.493 e. The van der Waals surface area contributed by atoms with Gasteiger partial charge in [-0.3, -0.25) is 4.90 Å². The van der Waals surface area contributed by atoms with Crippen LogP contribution >= 0.6 is 12.4 Å². The lowest BCUT2D eigenvalue weighted by atomic mass is 9.85. The number of benzene rings is 1. The Morgan fingerprint density at radius 2 is 1.59 bits per heavy atom. The fraction of sp³-hybridized carbons (Fsp3) is 0.760. The zero-order valence-corrected chi connectivity index (χ0v) is 19.4. The number of para-hydroxylation sites is 1. The molecule has 166 valence electrons. The van der Waals surface area contributed by atoms with E-state index in [-0.39, 0.29) is 18.5 Å². The molecule has 3 rings (SSSR count). The Morgan fingerprint density at radius 3 is 2.24 bits per heavy atom. The van der Waals surface area contributed by atoms with Gasteiger partial charge in [-0.15, -0.1) is 12.4 Å². The van der Waals surface area contributed by atoms with E-state index in [2.05, 4.69) is 36.1 Å². The van der Waals surface area contributed by atoms with Gasteiger partial charge < -0.3 is 9.47 Å². The summed E-state index contributed by atoms with van der Waals surface area (Å²) in [5, 5.41) is 0. The quantitative estimate of drug-likeness (QED) is 0.514. The van der Waals surface area contributed by atoms with Crippen LogP contribution in [0.25, 0.3) is 0 Å². The van der Waals surface area contributed by atoms with E-state index in [4.69, 9.17) is 9.47 Å². The number of likely N-dealkylation sites (tertiary alicyclic amines) is 1. The van der Waals surface area contributed by atoms with Gasteiger partial charge in [0.25, 0.3) is 0 Å². The molecule has 29 heavy (non-hydrogen) atoms. The molecule has 2 atom stereocenters. The molecule has 1 heterocycles. The van der Waals surface area contributed by atoms with Crippen LogP contribution < -0.4 is 4.74 Å². The van der Waals surface area contributed by atoms with Crippen LogP contribution in [-0.2, 0) is 4.74 Å². The molecule has 2 aliphatic rings. The highest BCUT2D eigenvalue weighted by atomic mass is 35.5. The van der Waals surface area contributed by atoms with E-state index in [1.807, 2.05) is 7.11 Å². The third-order valence-corrected chi connectivity index (χ3v) is 6.76. The van der Waals surface area contributed by atoms with E-state index in [0.717, 1.165) is 31.4 Å². The molecule has 0 aromatic heterocycles. The Balaban J connectivity index is 0.00000300. The summed E-state index contributed by atoms with van der Waals surface area (Å²) in [5.41, 5.74) is 1.34. The molecule has 0 N–H and O–H groups in total. The summed E-state index contributed by atoms with van der Waals surface area (Å²) in [6.07, 6.45) is 15.2. The molecule has 2 unspecified atom stereocenters. The highest BCUT2D eigenvalue weighted by Crippen LogP contribution is 2.37. The van der Waals surface area contributed by atoms with E-state index < -0.39 is 0 Å². The predicted octanol–water partition coefficient (Wildman–Crippen LogP) is 6.59. The normalized spacial score (nSPS) is 25.2. The topological polar surface area (TPSA) is 21.7 Å². The van der Waals surface area contributed by atoms with Crippen LogP contribution in [-0.4, -0.2) is 43.9 Å². The van der Waals surface area contributed by atoms with E-state index in [1.54, 1.807) is 0 Å². The fourth-order valence-electron chi connectivity index (χ4n) is 5.15. The Labute approximate surface area is 184 Å². The van der Waals surface area contributed by atoms with Crippen molar-refractivity contribution in [1.29, 1.82) is 0 Å². The van der Waals surface area contributed by atoms with Crippen molar-refractivity contribution in [2.45, 2.75) is 95.6 Å². The third-order valence-electron chi connectivity index (χ3n) is 6.76. The molecule has 0 spiro atoms. The van der Waals surface area contributed by atoms with Gasteiger partial charge in [0.1, 0.15) is 5.75 Å². The summed E-state index contributed by atoms with van der Waals surface area (Å²) in [5.74, 6) is 1.50. The number of nitrogens with zero attached hydrogens (tertiary/aromatic N) is 1. The first-order valence-corrected chi connectivity index (χ1v) is 11.8. The Kier molecular flexibility index (Phi) is 11.4. The van der Waals surface area contributed by atoms with Gasteiger partial charge in [-0.2, -0.15) is 0 Å². The fourth-order valence-corrected chi connectivity index (χ4v) is 5.15. The van der Waals surface area contributed by atoms with Gasteiger partial charge in [0.15, 0.2) is 0 Å². The molecule has 0 bridgehead atoms. The Morgan fingerprint density at radius 1 is 0.931 bits per heavy atom. The molecule has 2 fully saturated rings. The molecular weight excluding hydrogens is 382 g/mol. The first-order valence-electron chi connectivity index (χ1n) is 11.8. The molecule has 1 saturated carbocycles. The average Bonchev–Trinajstić information content (AvgIpc) is 2.75.